The van der Waals surface area contributed by atoms with Gasteiger partial charge in [0.1, 0.15) is 9.19 Å². The van der Waals surface area contributed by atoms with E-state index in [2.05, 4.69) is 91.0 Å². The third-order valence-electron chi connectivity index (χ3n) is 4.76. The Morgan fingerprint density at radius 1 is 0.643 bits per heavy atom. The Labute approximate surface area is 179 Å². The van der Waals surface area contributed by atoms with Crippen molar-refractivity contribution < 1.29 is 4.79 Å². The van der Waals surface area contributed by atoms with Gasteiger partial charge >= 0.3 is 0 Å². The van der Waals surface area contributed by atoms with Gasteiger partial charge in [0.25, 0.3) is 0 Å². The van der Waals surface area contributed by atoms with Gasteiger partial charge in [-0.2, -0.15) is 0 Å². The summed E-state index contributed by atoms with van der Waals surface area (Å²) in [5, 5.41) is 0. The van der Waals surface area contributed by atoms with E-state index in [-0.39, 0.29) is 3.41 Å². The van der Waals surface area contributed by atoms with E-state index in [0.717, 1.165) is 6.42 Å². The Hall–Kier alpha value is -1.62. The van der Waals surface area contributed by atoms with E-state index in [1.54, 1.807) is 0 Å². The molecule has 1 nitrogen and oxygen atoms in total. The van der Waals surface area contributed by atoms with Crippen molar-refractivity contribution in [2.24, 2.45) is 5.92 Å². The summed E-state index contributed by atoms with van der Waals surface area (Å²) in [6.45, 7) is 0. The third kappa shape index (κ3) is 4.86. The Morgan fingerprint density at radius 3 is 1.36 bits per heavy atom. The summed E-state index contributed by atoms with van der Waals surface area (Å²) in [5.74, 6) is 0.714. The summed E-state index contributed by atoms with van der Waals surface area (Å²) in [6.07, 6.45) is 2.32. The van der Waals surface area contributed by atoms with E-state index in [1.807, 2.05) is 35.3 Å². The lowest BCUT2D eigenvalue weighted by Crippen LogP contribution is -2.26. The van der Waals surface area contributed by atoms with Gasteiger partial charge in [-0.05, 0) is 42.8 Å². The first-order valence-electron chi connectivity index (χ1n) is 9.47. The van der Waals surface area contributed by atoms with Crippen LogP contribution in [0, 0.1) is 5.92 Å². The molecule has 4 heteroatoms. The normalized spacial score (nSPS) is 17.0. The molecule has 1 aliphatic carbocycles. The van der Waals surface area contributed by atoms with Crippen molar-refractivity contribution in [2.45, 2.75) is 37.4 Å². The van der Waals surface area contributed by atoms with E-state index in [0.29, 0.717) is 24.5 Å². The average molecular weight is 423 g/mol. The van der Waals surface area contributed by atoms with Crippen LogP contribution in [-0.4, -0.2) is 9.19 Å². The van der Waals surface area contributed by atoms with Gasteiger partial charge < -0.3 is 0 Å². The number of thioether (sulfide) groups is 3. The molecule has 1 fully saturated rings. The van der Waals surface area contributed by atoms with Crippen molar-refractivity contribution >= 4 is 41.1 Å². The van der Waals surface area contributed by atoms with Crippen molar-refractivity contribution in [1.29, 1.82) is 0 Å². The summed E-state index contributed by atoms with van der Waals surface area (Å²) in [5.41, 5.74) is 0. The molecule has 3 aromatic carbocycles. The van der Waals surface area contributed by atoms with Crippen molar-refractivity contribution in [1.82, 2.24) is 0 Å². The SMILES string of the molecule is O=C1CC[C@H](C(Sc2ccccc2)(Sc2ccccc2)Sc2ccccc2)C1. The highest BCUT2D eigenvalue weighted by Crippen LogP contribution is 2.62. The second-order valence-corrected chi connectivity index (χ2v) is 11.6. The zero-order valence-corrected chi connectivity index (χ0v) is 17.9. The van der Waals surface area contributed by atoms with Crippen LogP contribution < -0.4 is 0 Å². The van der Waals surface area contributed by atoms with Crippen molar-refractivity contribution in [3.63, 3.8) is 0 Å². The number of carbonyl (C=O) groups excluding carboxylic acids is 1. The van der Waals surface area contributed by atoms with Gasteiger partial charge in [0, 0.05) is 33.4 Å². The van der Waals surface area contributed by atoms with Gasteiger partial charge in [0.2, 0.25) is 0 Å². The van der Waals surface area contributed by atoms with Crippen LogP contribution in [0.15, 0.2) is 106 Å². The van der Waals surface area contributed by atoms with E-state index in [1.165, 1.54) is 14.7 Å². The van der Waals surface area contributed by atoms with Gasteiger partial charge in [0.15, 0.2) is 0 Å². The monoisotopic (exact) mass is 422 g/mol. The molecule has 1 aliphatic rings. The molecule has 1 atom stereocenters. The summed E-state index contributed by atoms with van der Waals surface area (Å²) in [6, 6.07) is 31.8. The van der Waals surface area contributed by atoms with Gasteiger partial charge in [-0.1, -0.05) is 89.9 Å². The maximum Gasteiger partial charge on any atom is 0.133 e. The summed E-state index contributed by atoms with van der Waals surface area (Å²) < 4.78 is -0.198. The Morgan fingerprint density at radius 2 is 1.04 bits per heavy atom. The average Bonchev–Trinajstić information content (AvgIpc) is 3.17. The third-order valence-corrected chi connectivity index (χ3v) is 9.63. The van der Waals surface area contributed by atoms with Crippen LogP contribution in [-0.2, 0) is 4.79 Å². The lowest BCUT2D eigenvalue weighted by molar-refractivity contribution is -0.117. The quantitative estimate of drug-likeness (QED) is 0.291. The second-order valence-electron chi connectivity index (χ2n) is 6.83. The highest BCUT2D eigenvalue weighted by molar-refractivity contribution is 8.33. The Kier molecular flexibility index (Phi) is 6.50. The van der Waals surface area contributed by atoms with Crippen LogP contribution in [0.1, 0.15) is 19.3 Å². The predicted octanol–water partition coefficient (Wildman–Crippen LogP) is 7.39. The van der Waals surface area contributed by atoms with E-state index >= 15 is 0 Å². The molecule has 3 aromatic rings. The molecular formula is C24H22OS3. The lowest BCUT2D eigenvalue weighted by atomic mass is 10.1. The first kappa shape index (κ1) is 19.7. The summed E-state index contributed by atoms with van der Waals surface area (Å²) in [7, 11) is 0. The lowest BCUT2D eigenvalue weighted by Gasteiger charge is -2.37. The van der Waals surface area contributed by atoms with E-state index in [4.69, 9.17) is 0 Å². The maximum atomic E-state index is 12.2. The molecule has 4 rings (SSSR count). The number of Topliss-reactive ketones (excluding diaryl/α,β-unsaturated/α-hetero) is 1. The molecular weight excluding hydrogens is 400 g/mol. The Balaban J connectivity index is 1.75. The fourth-order valence-electron chi connectivity index (χ4n) is 3.39. The molecule has 1 saturated carbocycles. The fourth-order valence-corrected chi connectivity index (χ4v) is 8.59. The molecule has 0 spiro atoms. The minimum Gasteiger partial charge on any atom is -0.300 e. The second kappa shape index (κ2) is 9.25. The molecule has 142 valence electrons. The van der Waals surface area contributed by atoms with Gasteiger partial charge in [-0.15, -0.1) is 0 Å². The molecule has 0 unspecified atom stereocenters. The van der Waals surface area contributed by atoms with Crippen molar-refractivity contribution in [2.75, 3.05) is 0 Å². The first-order valence-corrected chi connectivity index (χ1v) is 11.9. The smallest absolute Gasteiger partial charge is 0.133 e. The summed E-state index contributed by atoms with van der Waals surface area (Å²) in [4.78, 5) is 16.0. The molecule has 0 aromatic heterocycles. The molecule has 0 radical (unpaired) electrons. The minimum atomic E-state index is -0.198. The van der Waals surface area contributed by atoms with Crippen LogP contribution in [0.3, 0.4) is 0 Å². The topological polar surface area (TPSA) is 17.1 Å². The zero-order valence-electron chi connectivity index (χ0n) is 15.5. The number of carbonyl (C=O) groups is 1. The number of hydrogen-bond acceptors (Lipinski definition) is 4. The van der Waals surface area contributed by atoms with E-state index < -0.39 is 0 Å². The molecule has 0 aliphatic heterocycles. The van der Waals surface area contributed by atoms with Crippen LogP contribution in [0.25, 0.3) is 0 Å². The number of hydrogen-bond donors (Lipinski definition) is 0. The van der Waals surface area contributed by atoms with Gasteiger partial charge in [0.05, 0.1) is 0 Å². The largest absolute Gasteiger partial charge is 0.300 e. The van der Waals surface area contributed by atoms with Gasteiger partial charge in [-0.25, -0.2) is 0 Å². The van der Waals surface area contributed by atoms with Crippen LogP contribution in [0.5, 0.6) is 0 Å². The van der Waals surface area contributed by atoms with Gasteiger partial charge in [-0.3, -0.25) is 4.79 Å². The predicted molar refractivity (Wildman–Crippen MR) is 122 cm³/mol. The summed E-state index contributed by atoms with van der Waals surface area (Å²) >= 11 is 5.70. The van der Waals surface area contributed by atoms with Crippen molar-refractivity contribution in [3.8, 4) is 0 Å². The first-order chi connectivity index (χ1) is 13.7. The Bertz CT molecular complexity index is 795. The number of benzene rings is 3. The molecule has 28 heavy (non-hydrogen) atoms. The highest BCUT2D eigenvalue weighted by Gasteiger charge is 2.45. The van der Waals surface area contributed by atoms with E-state index in [9.17, 15) is 4.79 Å². The molecule has 0 bridgehead atoms. The number of ketones is 1. The van der Waals surface area contributed by atoms with Crippen molar-refractivity contribution in [3.05, 3.63) is 91.0 Å². The molecule has 0 N–H and O–H groups in total. The molecule has 0 heterocycles. The van der Waals surface area contributed by atoms with Crippen LogP contribution >= 0.6 is 35.3 Å². The zero-order chi connectivity index (χ0) is 19.2. The van der Waals surface area contributed by atoms with Crippen LogP contribution in [0.4, 0.5) is 0 Å². The molecule has 0 amide bonds. The number of rotatable bonds is 7. The molecule has 0 saturated heterocycles. The fraction of sp³-hybridized carbons (Fsp3) is 0.208. The minimum absolute atomic E-state index is 0.198. The maximum absolute atomic E-state index is 12.2. The highest BCUT2D eigenvalue weighted by atomic mass is 32.3. The van der Waals surface area contributed by atoms with Crippen LogP contribution in [0.2, 0.25) is 0 Å². The standard InChI is InChI=1S/C24H22OS3/c25-20-17-16-19(18-20)24(26-21-10-4-1-5-11-21,27-22-12-6-2-7-13-22)28-23-14-8-3-9-15-23/h1-15,19H,16-18H2/t19-/m0/s1.